The maximum atomic E-state index is 7.85. The minimum Gasteiger partial charge on any atom is -0.393 e. The summed E-state index contributed by atoms with van der Waals surface area (Å²) >= 11 is 0. The van der Waals surface area contributed by atoms with Crippen LogP contribution in [0.25, 0.3) is 0 Å². The summed E-state index contributed by atoms with van der Waals surface area (Å²) in [5, 5.41) is 14.2. The normalized spacial score (nSPS) is 14.8. The number of pyridine rings is 1. The highest BCUT2D eigenvalue weighted by Gasteiger charge is 2.17. The maximum Gasteiger partial charge on any atom is 0.171 e. The number of benzene rings is 1. The summed E-state index contributed by atoms with van der Waals surface area (Å²) in [6, 6.07) is 12.7. The second-order valence-corrected chi connectivity index (χ2v) is 8.16. The van der Waals surface area contributed by atoms with Gasteiger partial charge < -0.3 is 30.7 Å². The molecule has 10 heteroatoms. The summed E-state index contributed by atoms with van der Waals surface area (Å²) in [7, 11) is 1.62. The van der Waals surface area contributed by atoms with E-state index < -0.39 is 0 Å². The van der Waals surface area contributed by atoms with Crippen molar-refractivity contribution in [2.45, 2.75) is 13.1 Å². The first-order chi connectivity index (χ1) is 17.1. The summed E-state index contributed by atoms with van der Waals surface area (Å²) in [5.74, 6) is 0.382. The van der Waals surface area contributed by atoms with Crippen molar-refractivity contribution in [1.29, 1.82) is 5.41 Å². The molecular weight excluding hydrogens is 444 g/mol. The number of hydrogen-bond acceptors (Lipinski definition) is 9. The first-order valence-electron chi connectivity index (χ1n) is 11.7. The van der Waals surface area contributed by atoms with Crippen LogP contribution in [0.15, 0.2) is 65.3 Å². The van der Waals surface area contributed by atoms with Crippen molar-refractivity contribution in [2.75, 3.05) is 58.1 Å². The lowest BCUT2D eigenvalue weighted by Gasteiger charge is -2.36. The molecule has 0 amide bonds. The molecule has 0 atom stereocenters. The van der Waals surface area contributed by atoms with Crippen molar-refractivity contribution in [2.24, 2.45) is 10.7 Å². The summed E-state index contributed by atoms with van der Waals surface area (Å²) < 4.78 is 10.4. The van der Waals surface area contributed by atoms with E-state index in [9.17, 15) is 0 Å². The molecule has 3 rings (SSSR count). The molecule has 0 spiro atoms. The molecule has 10 nitrogen and oxygen atoms in total. The van der Waals surface area contributed by atoms with Gasteiger partial charge in [-0.05, 0) is 30.0 Å². The molecular formula is C25H36N8O2. The van der Waals surface area contributed by atoms with E-state index in [1.165, 1.54) is 11.3 Å². The van der Waals surface area contributed by atoms with E-state index >= 15 is 0 Å². The Kier molecular flexibility index (Phi) is 10.5. The lowest BCUT2D eigenvalue weighted by Crippen LogP contribution is -2.45. The van der Waals surface area contributed by atoms with E-state index in [1.807, 2.05) is 12.4 Å². The van der Waals surface area contributed by atoms with Gasteiger partial charge in [0.05, 0.1) is 13.2 Å². The molecule has 0 unspecified atom stereocenters. The van der Waals surface area contributed by atoms with Gasteiger partial charge in [0.2, 0.25) is 0 Å². The van der Waals surface area contributed by atoms with E-state index in [-0.39, 0.29) is 18.3 Å². The quantitative estimate of drug-likeness (QED) is 0.147. The maximum absolute atomic E-state index is 7.85. The van der Waals surface area contributed by atoms with Crippen molar-refractivity contribution in [1.82, 2.24) is 20.5 Å². The van der Waals surface area contributed by atoms with Gasteiger partial charge >= 0.3 is 0 Å². The summed E-state index contributed by atoms with van der Waals surface area (Å²) in [6.45, 7) is 10.1. The summed E-state index contributed by atoms with van der Waals surface area (Å²) in [4.78, 5) is 12.6. The predicted octanol–water partition coefficient (Wildman–Crippen LogP) is 1.51. The van der Waals surface area contributed by atoms with Crippen LogP contribution >= 0.6 is 0 Å². The third kappa shape index (κ3) is 8.36. The molecule has 0 aliphatic carbocycles. The third-order valence-corrected chi connectivity index (χ3v) is 5.76. The Bertz CT molecular complexity index is 957. The molecule has 1 fully saturated rings. The minimum absolute atomic E-state index is 0.101. The number of ether oxygens (including phenoxy) is 2. The summed E-state index contributed by atoms with van der Waals surface area (Å²) in [5.41, 5.74) is 9.85. The SMILES string of the molecule is C=NC(=N)/C(N)=C(\NCOCCOC)NCc1ccc(CN2CCN(c3ccncc3)CC2)cc1. The molecule has 1 aromatic carbocycles. The van der Waals surface area contributed by atoms with Crippen LogP contribution in [0, 0.1) is 5.41 Å². The number of piperazine rings is 1. The van der Waals surface area contributed by atoms with Crippen molar-refractivity contribution < 1.29 is 9.47 Å². The molecule has 1 aliphatic heterocycles. The average Bonchev–Trinajstić information content (AvgIpc) is 2.91. The first kappa shape index (κ1) is 26.1. The molecule has 5 N–H and O–H groups in total. The lowest BCUT2D eigenvalue weighted by molar-refractivity contribution is 0.0636. The Labute approximate surface area is 207 Å². The van der Waals surface area contributed by atoms with Crippen molar-refractivity contribution in [3.8, 4) is 0 Å². The molecule has 2 aromatic rings. The van der Waals surface area contributed by atoms with E-state index in [0.29, 0.717) is 25.6 Å². The van der Waals surface area contributed by atoms with Crippen LogP contribution in [-0.4, -0.2) is 75.7 Å². The Morgan fingerprint density at radius 3 is 2.40 bits per heavy atom. The summed E-state index contributed by atoms with van der Waals surface area (Å²) in [6.07, 6.45) is 3.69. The van der Waals surface area contributed by atoms with E-state index in [1.54, 1.807) is 7.11 Å². The van der Waals surface area contributed by atoms with E-state index in [2.05, 4.69) is 73.5 Å². The number of aliphatic imine (C=N–C) groups is 1. The van der Waals surface area contributed by atoms with Crippen LogP contribution in [0.3, 0.4) is 0 Å². The fourth-order valence-corrected chi connectivity index (χ4v) is 3.72. The zero-order valence-electron chi connectivity index (χ0n) is 20.4. The van der Waals surface area contributed by atoms with Crippen LogP contribution in [0.5, 0.6) is 0 Å². The zero-order chi connectivity index (χ0) is 24.9. The van der Waals surface area contributed by atoms with Crippen LogP contribution in [0.1, 0.15) is 11.1 Å². The minimum atomic E-state index is -0.101. The van der Waals surface area contributed by atoms with Crippen molar-refractivity contribution in [3.05, 3.63) is 71.4 Å². The third-order valence-electron chi connectivity index (χ3n) is 5.76. The number of methoxy groups -OCH3 is 1. The van der Waals surface area contributed by atoms with Gasteiger partial charge in [-0.15, -0.1) is 0 Å². The van der Waals surface area contributed by atoms with Crippen LogP contribution in [0.2, 0.25) is 0 Å². The smallest absolute Gasteiger partial charge is 0.171 e. The van der Waals surface area contributed by atoms with Gasteiger partial charge in [-0.3, -0.25) is 15.3 Å². The van der Waals surface area contributed by atoms with Gasteiger partial charge in [0, 0.05) is 64.5 Å². The van der Waals surface area contributed by atoms with Crippen LogP contribution < -0.4 is 21.3 Å². The highest BCUT2D eigenvalue weighted by Crippen LogP contribution is 2.16. The number of amidine groups is 1. The highest BCUT2D eigenvalue weighted by molar-refractivity contribution is 5.98. The average molecular weight is 481 g/mol. The van der Waals surface area contributed by atoms with Gasteiger partial charge in [-0.2, -0.15) is 0 Å². The molecule has 1 saturated heterocycles. The second kappa shape index (κ2) is 14.1. The Morgan fingerprint density at radius 2 is 1.74 bits per heavy atom. The number of rotatable bonds is 13. The standard InChI is InChI=1S/C25H36N8O2/c1-28-24(27)23(26)25(31-19-35-16-15-34-2)30-17-20-3-5-21(6-4-20)18-32-11-13-33(14-12-32)22-7-9-29-10-8-22/h3-10,27,30-31H,1,11-19,26H2,2H3/b25-23+,27-24?. The second-order valence-electron chi connectivity index (χ2n) is 8.16. The number of aromatic nitrogens is 1. The molecule has 1 aromatic heterocycles. The topological polar surface area (TPSA) is 124 Å². The number of nitrogens with zero attached hydrogens (tertiary/aromatic N) is 4. The number of hydrogen-bond donors (Lipinski definition) is 4. The van der Waals surface area contributed by atoms with Gasteiger partial charge in [0.1, 0.15) is 18.2 Å². The van der Waals surface area contributed by atoms with E-state index in [0.717, 1.165) is 38.3 Å². The van der Waals surface area contributed by atoms with Crippen molar-refractivity contribution >= 4 is 18.2 Å². The van der Waals surface area contributed by atoms with Crippen LogP contribution in [0.4, 0.5) is 5.69 Å². The molecule has 35 heavy (non-hydrogen) atoms. The lowest BCUT2D eigenvalue weighted by atomic mass is 10.1. The molecule has 2 heterocycles. The van der Waals surface area contributed by atoms with Gasteiger partial charge in [0.15, 0.2) is 5.84 Å². The Balaban J connectivity index is 1.48. The predicted molar refractivity (Wildman–Crippen MR) is 139 cm³/mol. The van der Waals surface area contributed by atoms with Gasteiger partial charge in [-0.1, -0.05) is 24.3 Å². The molecule has 0 saturated carbocycles. The molecule has 188 valence electrons. The fourth-order valence-electron chi connectivity index (χ4n) is 3.72. The molecule has 0 bridgehead atoms. The van der Waals surface area contributed by atoms with Crippen molar-refractivity contribution in [3.63, 3.8) is 0 Å². The monoisotopic (exact) mass is 480 g/mol. The molecule has 1 aliphatic rings. The van der Waals surface area contributed by atoms with E-state index in [4.69, 9.17) is 20.6 Å². The number of nitrogens with two attached hydrogens (primary N) is 1. The van der Waals surface area contributed by atoms with Crippen LogP contribution in [-0.2, 0) is 22.6 Å². The van der Waals surface area contributed by atoms with Gasteiger partial charge in [0.25, 0.3) is 0 Å². The fraction of sp³-hybridized carbons (Fsp3) is 0.400. The molecule has 0 radical (unpaired) electrons. The largest absolute Gasteiger partial charge is 0.393 e. The highest BCUT2D eigenvalue weighted by atomic mass is 16.5. The Hall–Kier alpha value is -3.47. The zero-order valence-corrected chi connectivity index (χ0v) is 20.4. The number of nitrogens with one attached hydrogen (secondary N) is 3. The first-order valence-corrected chi connectivity index (χ1v) is 11.7. The van der Waals surface area contributed by atoms with Gasteiger partial charge in [-0.25, -0.2) is 4.99 Å². The number of anilines is 1. The Morgan fingerprint density at radius 1 is 1.06 bits per heavy atom.